The summed E-state index contributed by atoms with van der Waals surface area (Å²) in [5, 5.41) is 8.68. The van der Waals surface area contributed by atoms with Gasteiger partial charge in [0.1, 0.15) is 18.6 Å². The molecule has 17 heavy (non-hydrogen) atoms. The Morgan fingerprint density at radius 2 is 2.12 bits per heavy atom. The van der Waals surface area contributed by atoms with Gasteiger partial charge in [-0.15, -0.1) is 4.20 Å². The molecule has 5 nitrogen and oxygen atoms in total. The van der Waals surface area contributed by atoms with E-state index in [0.717, 1.165) is 6.26 Å². The van der Waals surface area contributed by atoms with Crippen molar-refractivity contribution in [3.63, 3.8) is 0 Å². The second kappa shape index (κ2) is 5.01. The Labute approximate surface area is 97.5 Å². The Morgan fingerprint density at radius 1 is 1.41 bits per heavy atom. The van der Waals surface area contributed by atoms with Crippen LogP contribution < -0.4 is 4.74 Å². The number of carboxylic acid groups (broad SMARTS) is 1. The molecular weight excluding hydrogens is 250 g/mol. The quantitative estimate of drug-likeness (QED) is 0.841. The number of carbonyl (C=O) groups is 1. The summed E-state index contributed by atoms with van der Waals surface area (Å²) in [4.78, 5) is 10.6. The van der Waals surface area contributed by atoms with Crippen LogP contribution in [-0.4, -0.2) is 17.7 Å². The number of carboxylic acids is 1. The fourth-order valence-corrected chi connectivity index (χ4v) is 1.67. The van der Waals surface area contributed by atoms with Crippen LogP contribution in [0.15, 0.2) is 36.3 Å². The van der Waals surface area contributed by atoms with Crippen molar-refractivity contribution in [3.8, 4) is 5.75 Å². The molecule has 1 N–H and O–H groups in total. The number of benzene rings is 1. The summed E-state index contributed by atoms with van der Waals surface area (Å²) < 4.78 is 26.9. The van der Waals surface area contributed by atoms with E-state index in [9.17, 15) is 8.99 Å². The fraction of sp³-hybridized carbons (Fsp3) is 0.100. The first-order chi connectivity index (χ1) is 8.15. The molecule has 2 rings (SSSR count). The van der Waals surface area contributed by atoms with Crippen molar-refractivity contribution in [1.29, 1.82) is 0 Å². The molecule has 0 aromatic heterocycles. The highest BCUT2D eigenvalue weighted by molar-refractivity contribution is 7.41. The fourth-order valence-electron chi connectivity index (χ4n) is 1.14. The second-order valence-corrected chi connectivity index (χ2v) is 3.93. The van der Waals surface area contributed by atoms with E-state index >= 15 is 0 Å². The molecule has 0 saturated carbocycles. The van der Waals surface area contributed by atoms with Crippen molar-refractivity contribution in [3.05, 3.63) is 41.9 Å². The molecular formula is C10H8FO5P. The molecule has 1 aromatic carbocycles. The maximum Gasteiger partial charge on any atom is 0.505 e. The molecule has 0 saturated heterocycles. The lowest BCUT2D eigenvalue weighted by Crippen LogP contribution is -2.01. The minimum atomic E-state index is -2.35. The van der Waals surface area contributed by atoms with Crippen LogP contribution in [-0.2, 0) is 9.05 Å². The Kier molecular flexibility index (Phi) is 3.44. The smallest absolute Gasteiger partial charge is 0.486 e. The van der Waals surface area contributed by atoms with Gasteiger partial charge >= 0.3 is 14.7 Å². The molecule has 1 aliphatic rings. The molecule has 0 bridgehead atoms. The van der Waals surface area contributed by atoms with Gasteiger partial charge in [0.15, 0.2) is 5.76 Å². The standard InChI is InChI=1S/C10H8FO5P/c11-17-15-6-9(16-17)5-14-8-3-1-7(2-4-8)10(12)13/h1-4,6H,5H2,(H,12,13). The summed E-state index contributed by atoms with van der Waals surface area (Å²) in [6.45, 7) is 0.0369. The van der Waals surface area contributed by atoms with Crippen LogP contribution in [0, 0.1) is 0 Å². The summed E-state index contributed by atoms with van der Waals surface area (Å²) in [6, 6.07) is 5.86. The van der Waals surface area contributed by atoms with E-state index in [2.05, 4.69) is 9.05 Å². The monoisotopic (exact) mass is 258 g/mol. The first-order valence-electron chi connectivity index (χ1n) is 4.61. The molecule has 0 fully saturated rings. The van der Waals surface area contributed by atoms with Gasteiger partial charge in [0, 0.05) is 0 Å². The van der Waals surface area contributed by atoms with Crippen molar-refractivity contribution >= 4 is 14.7 Å². The molecule has 1 atom stereocenters. The third-order valence-corrected chi connectivity index (χ3v) is 2.59. The Balaban J connectivity index is 1.89. The maximum atomic E-state index is 12.5. The first-order valence-corrected chi connectivity index (χ1v) is 5.68. The van der Waals surface area contributed by atoms with E-state index in [0.29, 0.717) is 5.75 Å². The zero-order valence-electron chi connectivity index (χ0n) is 8.50. The summed E-state index contributed by atoms with van der Waals surface area (Å²) in [7, 11) is -2.35. The molecule has 0 radical (unpaired) electrons. The van der Waals surface area contributed by atoms with E-state index < -0.39 is 14.7 Å². The number of hydrogen-bond acceptors (Lipinski definition) is 4. The molecule has 7 heteroatoms. The van der Waals surface area contributed by atoms with Crippen molar-refractivity contribution in [2.24, 2.45) is 0 Å². The average molecular weight is 258 g/mol. The zero-order chi connectivity index (χ0) is 12.3. The summed E-state index contributed by atoms with van der Waals surface area (Å²) in [5.41, 5.74) is 0.171. The van der Waals surface area contributed by atoms with Gasteiger partial charge < -0.3 is 18.9 Å². The van der Waals surface area contributed by atoms with Crippen LogP contribution >= 0.6 is 8.69 Å². The highest BCUT2D eigenvalue weighted by Gasteiger charge is 2.21. The molecule has 0 aliphatic carbocycles. The van der Waals surface area contributed by atoms with Gasteiger partial charge in [-0.2, -0.15) is 0 Å². The Bertz CT molecular complexity index is 445. The highest BCUT2D eigenvalue weighted by atomic mass is 31.2. The van der Waals surface area contributed by atoms with Crippen molar-refractivity contribution in [2.45, 2.75) is 0 Å². The zero-order valence-corrected chi connectivity index (χ0v) is 9.39. The SMILES string of the molecule is O=C(O)c1ccc(OCC2=COP(F)O2)cc1. The van der Waals surface area contributed by atoms with Crippen LogP contribution in [0.3, 0.4) is 0 Å². The summed E-state index contributed by atoms with van der Waals surface area (Å²) in [5.74, 6) is -0.273. The van der Waals surface area contributed by atoms with Crippen molar-refractivity contribution in [1.82, 2.24) is 0 Å². The number of rotatable bonds is 4. The van der Waals surface area contributed by atoms with Gasteiger partial charge in [-0.1, -0.05) is 0 Å². The van der Waals surface area contributed by atoms with E-state index in [1.54, 1.807) is 0 Å². The van der Waals surface area contributed by atoms with Gasteiger partial charge in [-0.3, -0.25) is 0 Å². The lowest BCUT2D eigenvalue weighted by molar-refractivity contribution is 0.0697. The largest absolute Gasteiger partial charge is 0.505 e. The average Bonchev–Trinajstić information content (AvgIpc) is 2.73. The number of ether oxygens (including phenoxy) is 1. The van der Waals surface area contributed by atoms with Gasteiger partial charge in [0.2, 0.25) is 0 Å². The van der Waals surface area contributed by atoms with Gasteiger partial charge in [0.05, 0.1) is 5.56 Å². The minimum absolute atomic E-state index is 0.0369. The topological polar surface area (TPSA) is 65.0 Å². The van der Waals surface area contributed by atoms with Gasteiger partial charge in [0.25, 0.3) is 0 Å². The number of aromatic carboxylic acids is 1. The molecule has 1 aliphatic heterocycles. The van der Waals surface area contributed by atoms with Crippen LogP contribution in [0.1, 0.15) is 10.4 Å². The molecule has 90 valence electrons. The van der Waals surface area contributed by atoms with E-state index in [1.807, 2.05) is 0 Å². The lowest BCUT2D eigenvalue weighted by atomic mass is 10.2. The van der Waals surface area contributed by atoms with E-state index in [1.165, 1.54) is 24.3 Å². The molecule has 1 unspecified atom stereocenters. The number of hydrogen-bond donors (Lipinski definition) is 1. The van der Waals surface area contributed by atoms with Crippen LogP contribution in [0.4, 0.5) is 4.20 Å². The Hall–Kier alpha value is -1.81. The maximum absolute atomic E-state index is 12.5. The number of halogens is 1. The predicted octanol–water partition coefficient (Wildman–Crippen LogP) is 2.85. The minimum Gasteiger partial charge on any atom is -0.486 e. The molecule has 1 heterocycles. The third-order valence-electron chi connectivity index (χ3n) is 1.94. The van der Waals surface area contributed by atoms with E-state index in [-0.39, 0.29) is 17.9 Å². The highest BCUT2D eigenvalue weighted by Crippen LogP contribution is 2.47. The van der Waals surface area contributed by atoms with Crippen molar-refractivity contribution in [2.75, 3.05) is 6.61 Å². The molecule has 0 amide bonds. The normalized spacial score (nSPS) is 17.9. The van der Waals surface area contributed by atoms with Crippen LogP contribution in [0.2, 0.25) is 0 Å². The lowest BCUT2D eigenvalue weighted by Gasteiger charge is -2.05. The van der Waals surface area contributed by atoms with Crippen LogP contribution in [0.25, 0.3) is 0 Å². The van der Waals surface area contributed by atoms with E-state index in [4.69, 9.17) is 9.84 Å². The van der Waals surface area contributed by atoms with Gasteiger partial charge in [-0.25, -0.2) is 4.79 Å². The summed E-state index contributed by atoms with van der Waals surface area (Å²) in [6.07, 6.45) is 1.16. The van der Waals surface area contributed by atoms with Crippen LogP contribution in [0.5, 0.6) is 5.75 Å². The predicted molar refractivity (Wildman–Crippen MR) is 57.2 cm³/mol. The first kappa shape index (κ1) is 11.7. The molecule has 1 aromatic rings. The third kappa shape index (κ3) is 3.07. The summed E-state index contributed by atoms with van der Waals surface area (Å²) >= 11 is 0. The van der Waals surface area contributed by atoms with Gasteiger partial charge in [-0.05, 0) is 24.3 Å². The second-order valence-electron chi connectivity index (χ2n) is 3.11. The Morgan fingerprint density at radius 3 is 2.65 bits per heavy atom. The molecule has 0 spiro atoms. The van der Waals surface area contributed by atoms with Crippen molar-refractivity contribution < 1.29 is 27.9 Å².